The molecule has 0 amide bonds. The first-order chi connectivity index (χ1) is 15.5. The quantitative estimate of drug-likeness (QED) is 0.442. The molecule has 3 aromatic rings. The van der Waals surface area contributed by atoms with Gasteiger partial charge in [-0.2, -0.15) is 0 Å². The molecular weight excluding hydrogens is 449 g/mol. The number of hydrogen-bond donors (Lipinski definition) is 0. The van der Waals surface area contributed by atoms with Crippen molar-refractivity contribution in [3.63, 3.8) is 0 Å². The van der Waals surface area contributed by atoms with E-state index in [9.17, 15) is 4.79 Å². The predicted molar refractivity (Wildman–Crippen MR) is 124 cm³/mol. The zero-order chi connectivity index (χ0) is 22.2. The van der Waals surface area contributed by atoms with Crippen LogP contribution >= 0.6 is 23.2 Å². The molecule has 0 fully saturated rings. The third-order valence-corrected chi connectivity index (χ3v) is 6.24. The number of carbonyl (C=O) groups is 1. The maximum Gasteiger partial charge on any atom is 0.231 e. The molecular formula is C25H19Cl2NO4. The Kier molecular flexibility index (Phi) is 5.55. The number of rotatable bonds is 4. The number of benzene rings is 3. The van der Waals surface area contributed by atoms with Crippen molar-refractivity contribution >= 4 is 35.1 Å². The minimum Gasteiger partial charge on any atom is -0.496 e. The van der Waals surface area contributed by atoms with Gasteiger partial charge in [0.1, 0.15) is 24.0 Å². The molecule has 0 N–H and O–H groups in total. The molecule has 2 aliphatic heterocycles. The lowest BCUT2D eigenvalue weighted by atomic mass is 10.0. The van der Waals surface area contributed by atoms with Crippen molar-refractivity contribution in [2.75, 3.05) is 13.8 Å². The van der Waals surface area contributed by atoms with E-state index < -0.39 is 0 Å². The molecule has 7 heteroatoms. The summed E-state index contributed by atoms with van der Waals surface area (Å²) in [6, 6.07) is 16.6. The Morgan fingerprint density at radius 1 is 1.09 bits per heavy atom. The second-order valence-corrected chi connectivity index (χ2v) is 8.42. The fraction of sp³-hybridized carbons (Fsp3) is 0.160. The minimum absolute atomic E-state index is 0.157. The van der Waals surface area contributed by atoms with Crippen molar-refractivity contribution in [1.82, 2.24) is 4.90 Å². The number of ketones is 1. The second kappa shape index (κ2) is 8.51. The average Bonchev–Trinajstić information content (AvgIpc) is 3.12. The summed E-state index contributed by atoms with van der Waals surface area (Å²) >= 11 is 12.2. The standard InChI is InChI=1S/C25H19Cl2NO4/c1-30-21-5-3-2-4-16(21)11-23-24(29)17-7-9-22-18(25(17)32-23)13-28(14-31-22)12-15-6-8-19(26)20(27)10-15/h2-11H,12-14H2,1H3/b23-11-. The molecule has 32 heavy (non-hydrogen) atoms. The first-order valence-corrected chi connectivity index (χ1v) is 10.8. The van der Waals surface area contributed by atoms with E-state index in [1.807, 2.05) is 42.5 Å². The van der Waals surface area contributed by atoms with Crippen LogP contribution < -0.4 is 14.2 Å². The van der Waals surface area contributed by atoms with Crippen molar-refractivity contribution in [3.05, 3.63) is 92.7 Å². The number of halogens is 2. The molecule has 2 aliphatic rings. The molecule has 5 nitrogen and oxygen atoms in total. The molecule has 0 unspecified atom stereocenters. The number of nitrogens with zero attached hydrogens (tertiary/aromatic N) is 1. The normalized spacial score (nSPS) is 16.3. The van der Waals surface area contributed by atoms with Gasteiger partial charge in [-0.05, 0) is 42.0 Å². The van der Waals surface area contributed by atoms with Gasteiger partial charge in [0.2, 0.25) is 5.78 Å². The van der Waals surface area contributed by atoms with Crippen molar-refractivity contribution < 1.29 is 19.0 Å². The van der Waals surface area contributed by atoms with Crippen molar-refractivity contribution in [3.8, 4) is 17.2 Å². The lowest BCUT2D eigenvalue weighted by Gasteiger charge is -2.29. The van der Waals surface area contributed by atoms with E-state index in [0.29, 0.717) is 46.9 Å². The fourth-order valence-corrected chi connectivity index (χ4v) is 4.25. The van der Waals surface area contributed by atoms with Crippen LogP contribution in [0.4, 0.5) is 0 Å². The average molecular weight is 468 g/mol. The summed E-state index contributed by atoms with van der Waals surface area (Å²) in [7, 11) is 1.60. The molecule has 0 aromatic heterocycles. The topological polar surface area (TPSA) is 48.0 Å². The van der Waals surface area contributed by atoms with Crippen LogP contribution in [0.15, 0.2) is 60.4 Å². The van der Waals surface area contributed by atoms with Crippen LogP contribution in [0.3, 0.4) is 0 Å². The molecule has 0 spiro atoms. The summed E-state index contributed by atoms with van der Waals surface area (Å²) in [6.07, 6.45) is 1.71. The Hall–Kier alpha value is -2.99. The van der Waals surface area contributed by atoms with Gasteiger partial charge in [0.05, 0.1) is 28.3 Å². The molecule has 3 aromatic carbocycles. The Labute approximate surface area is 195 Å². The number of methoxy groups -OCH3 is 1. The highest BCUT2D eigenvalue weighted by molar-refractivity contribution is 6.42. The number of fused-ring (bicyclic) bond motifs is 3. The Balaban J connectivity index is 1.43. The third-order valence-electron chi connectivity index (χ3n) is 5.50. The molecule has 0 radical (unpaired) electrons. The summed E-state index contributed by atoms with van der Waals surface area (Å²) in [5.74, 6) is 2.05. The number of Topliss-reactive ketones (excluding diaryl/α,β-unsaturated/α-hetero) is 1. The van der Waals surface area contributed by atoms with Crippen LogP contribution in [0.5, 0.6) is 17.2 Å². The third kappa shape index (κ3) is 3.84. The zero-order valence-corrected chi connectivity index (χ0v) is 18.7. The monoisotopic (exact) mass is 467 g/mol. The van der Waals surface area contributed by atoms with E-state index in [1.54, 1.807) is 25.3 Å². The number of ether oxygens (including phenoxy) is 3. The Morgan fingerprint density at radius 2 is 1.94 bits per heavy atom. The first kappa shape index (κ1) is 20.9. The predicted octanol–water partition coefficient (Wildman–Crippen LogP) is 5.97. The minimum atomic E-state index is -0.157. The number of para-hydroxylation sites is 1. The van der Waals surface area contributed by atoms with Crippen LogP contribution in [0.25, 0.3) is 6.08 Å². The van der Waals surface area contributed by atoms with Crippen LogP contribution in [0.2, 0.25) is 10.0 Å². The van der Waals surface area contributed by atoms with E-state index in [0.717, 1.165) is 22.4 Å². The lowest BCUT2D eigenvalue weighted by molar-refractivity contribution is 0.0873. The SMILES string of the molecule is COc1ccccc1/C=C1\Oc2c(ccc3c2CN(Cc2ccc(Cl)c(Cl)c2)CO3)C1=O. The van der Waals surface area contributed by atoms with Crippen LogP contribution in [0, 0.1) is 0 Å². The van der Waals surface area contributed by atoms with Crippen molar-refractivity contribution in [2.45, 2.75) is 13.1 Å². The number of allylic oxidation sites excluding steroid dienone is 1. The van der Waals surface area contributed by atoms with E-state index >= 15 is 0 Å². The summed E-state index contributed by atoms with van der Waals surface area (Å²) in [4.78, 5) is 15.1. The molecule has 0 atom stereocenters. The Morgan fingerprint density at radius 3 is 2.75 bits per heavy atom. The highest BCUT2D eigenvalue weighted by Gasteiger charge is 2.33. The van der Waals surface area contributed by atoms with Gasteiger partial charge in [0.15, 0.2) is 5.76 Å². The van der Waals surface area contributed by atoms with Crippen LogP contribution in [0.1, 0.15) is 27.0 Å². The maximum atomic E-state index is 13.0. The van der Waals surface area contributed by atoms with E-state index in [4.69, 9.17) is 37.4 Å². The summed E-state index contributed by atoms with van der Waals surface area (Å²) in [5.41, 5.74) is 3.18. The van der Waals surface area contributed by atoms with Crippen LogP contribution in [-0.4, -0.2) is 24.5 Å². The molecule has 162 valence electrons. The highest BCUT2D eigenvalue weighted by atomic mass is 35.5. The molecule has 2 heterocycles. The molecule has 0 bridgehead atoms. The van der Waals surface area contributed by atoms with Gasteiger partial charge < -0.3 is 14.2 Å². The molecule has 0 saturated heterocycles. The van der Waals surface area contributed by atoms with Gasteiger partial charge in [0.25, 0.3) is 0 Å². The molecule has 5 rings (SSSR count). The number of hydrogen-bond acceptors (Lipinski definition) is 5. The van der Waals surface area contributed by atoms with Gasteiger partial charge in [0, 0.05) is 18.7 Å². The summed E-state index contributed by atoms with van der Waals surface area (Å²) in [6.45, 7) is 1.62. The number of carbonyl (C=O) groups excluding carboxylic acids is 1. The highest BCUT2D eigenvalue weighted by Crippen LogP contribution is 2.42. The lowest BCUT2D eigenvalue weighted by Crippen LogP contribution is -2.31. The van der Waals surface area contributed by atoms with Gasteiger partial charge in [-0.1, -0.05) is 47.5 Å². The molecule has 0 aliphatic carbocycles. The first-order valence-electron chi connectivity index (χ1n) is 10.1. The van der Waals surface area contributed by atoms with Crippen molar-refractivity contribution in [2.24, 2.45) is 0 Å². The smallest absolute Gasteiger partial charge is 0.231 e. The summed E-state index contributed by atoms with van der Waals surface area (Å²) < 4.78 is 17.4. The largest absolute Gasteiger partial charge is 0.496 e. The van der Waals surface area contributed by atoms with Gasteiger partial charge in [-0.25, -0.2) is 0 Å². The van der Waals surface area contributed by atoms with E-state index in [1.165, 1.54) is 0 Å². The maximum absolute atomic E-state index is 13.0. The van der Waals surface area contributed by atoms with E-state index in [-0.39, 0.29) is 11.5 Å². The van der Waals surface area contributed by atoms with Gasteiger partial charge in [-0.3, -0.25) is 9.69 Å². The van der Waals surface area contributed by atoms with Gasteiger partial charge in [-0.15, -0.1) is 0 Å². The van der Waals surface area contributed by atoms with Gasteiger partial charge >= 0.3 is 0 Å². The fourth-order valence-electron chi connectivity index (χ4n) is 3.93. The van der Waals surface area contributed by atoms with E-state index in [2.05, 4.69) is 4.90 Å². The van der Waals surface area contributed by atoms with Crippen molar-refractivity contribution in [1.29, 1.82) is 0 Å². The second-order valence-electron chi connectivity index (χ2n) is 7.61. The zero-order valence-electron chi connectivity index (χ0n) is 17.2. The van der Waals surface area contributed by atoms with Crippen LogP contribution in [-0.2, 0) is 13.1 Å². The molecule has 0 saturated carbocycles. The summed E-state index contributed by atoms with van der Waals surface area (Å²) in [5, 5.41) is 1.04. The Bertz CT molecular complexity index is 1250.